The van der Waals surface area contributed by atoms with Crippen molar-refractivity contribution in [2.24, 2.45) is 5.84 Å². The lowest BCUT2D eigenvalue weighted by Crippen LogP contribution is -2.29. The number of nitrogens with zero attached hydrogens (tertiary/aromatic N) is 2. The Morgan fingerprint density at radius 1 is 1.47 bits per heavy atom. The van der Waals surface area contributed by atoms with Gasteiger partial charge in [-0.15, -0.1) is 0 Å². The molecule has 1 aromatic carbocycles. The molecule has 6 heteroatoms. The van der Waals surface area contributed by atoms with E-state index in [0.717, 1.165) is 0 Å². The first-order chi connectivity index (χ1) is 7.31. The number of hydrogen-bond donors (Lipinski definition) is 3. The van der Waals surface area contributed by atoms with Gasteiger partial charge < -0.3 is 0 Å². The molecule has 1 heterocycles. The lowest BCUT2D eigenvalue weighted by molar-refractivity contribution is 0.597. The second-order valence-electron chi connectivity index (χ2n) is 3.05. The maximum atomic E-state index is 13.0. The number of nitrogens with two attached hydrogens (primary N) is 1. The molecule has 0 aliphatic heterocycles. The average molecular weight is 207 g/mol. The van der Waals surface area contributed by atoms with Gasteiger partial charge in [0.2, 0.25) is 0 Å². The summed E-state index contributed by atoms with van der Waals surface area (Å²) in [6.07, 6.45) is 1.54. The van der Waals surface area contributed by atoms with Gasteiger partial charge in [0.05, 0.1) is 12.2 Å². The minimum absolute atomic E-state index is 0.309. The van der Waals surface area contributed by atoms with E-state index in [1.54, 1.807) is 12.1 Å². The summed E-state index contributed by atoms with van der Waals surface area (Å²) in [5.41, 5.74) is 3.87. The van der Waals surface area contributed by atoms with Gasteiger partial charge in [-0.25, -0.2) is 9.82 Å². The summed E-state index contributed by atoms with van der Waals surface area (Å²) in [5.74, 6) is 5.08. The van der Waals surface area contributed by atoms with E-state index in [4.69, 9.17) is 5.84 Å². The predicted octanol–water partition coefficient (Wildman–Crippen LogP) is 0.496. The fourth-order valence-corrected chi connectivity index (χ4v) is 1.39. The average Bonchev–Trinajstić information content (AvgIpc) is 2.72. The van der Waals surface area contributed by atoms with Crippen LogP contribution in [0.15, 0.2) is 30.5 Å². The van der Waals surface area contributed by atoms with Crippen LogP contribution in [-0.2, 0) is 0 Å². The van der Waals surface area contributed by atoms with Crippen molar-refractivity contribution >= 4 is 0 Å². The summed E-state index contributed by atoms with van der Waals surface area (Å²) in [6.45, 7) is 0. The molecule has 1 aromatic heterocycles. The minimum atomic E-state index is -0.362. The third-order valence-corrected chi connectivity index (χ3v) is 2.08. The molecule has 0 saturated carbocycles. The van der Waals surface area contributed by atoms with Crippen molar-refractivity contribution in [3.05, 3.63) is 47.5 Å². The molecule has 5 nitrogen and oxygen atoms in total. The first kappa shape index (κ1) is 9.75. The monoisotopic (exact) mass is 207 g/mol. The van der Waals surface area contributed by atoms with Crippen LogP contribution in [-0.4, -0.2) is 15.4 Å². The molecule has 0 saturated heterocycles. The predicted molar refractivity (Wildman–Crippen MR) is 51.9 cm³/mol. The van der Waals surface area contributed by atoms with Crippen LogP contribution in [0.5, 0.6) is 0 Å². The second kappa shape index (κ2) is 4.16. The third-order valence-electron chi connectivity index (χ3n) is 2.08. The van der Waals surface area contributed by atoms with E-state index in [2.05, 4.69) is 20.8 Å². The summed E-state index contributed by atoms with van der Waals surface area (Å²) < 4.78 is 13.0. The highest BCUT2D eigenvalue weighted by Gasteiger charge is 2.15. The molecular formula is C9H10FN5. The number of nitrogens with one attached hydrogen (secondary N) is 2. The second-order valence-corrected chi connectivity index (χ2v) is 3.05. The van der Waals surface area contributed by atoms with E-state index in [0.29, 0.717) is 11.3 Å². The Hall–Kier alpha value is -1.79. The van der Waals surface area contributed by atoms with E-state index in [9.17, 15) is 4.39 Å². The number of hydrogen-bond acceptors (Lipinski definition) is 4. The summed E-state index contributed by atoms with van der Waals surface area (Å²) >= 11 is 0. The summed E-state index contributed by atoms with van der Waals surface area (Å²) in [7, 11) is 0. The summed E-state index contributed by atoms with van der Waals surface area (Å²) in [6, 6.07) is 5.80. The van der Waals surface area contributed by atoms with Crippen LogP contribution in [0.3, 0.4) is 0 Å². The van der Waals surface area contributed by atoms with Crippen LogP contribution in [0.2, 0.25) is 0 Å². The normalized spacial score (nSPS) is 12.7. The first-order valence-corrected chi connectivity index (χ1v) is 4.38. The highest BCUT2D eigenvalue weighted by Crippen LogP contribution is 2.18. The molecule has 0 bridgehead atoms. The van der Waals surface area contributed by atoms with E-state index in [-0.39, 0.29) is 11.9 Å². The van der Waals surface area contributed by atoms with Crippen molar-refractivity contribution in [3.63, 3.8) is 0 Å². The van der Waals surface area contributed by atoms with E-state index in [1.165, 1.54) is 18.3 Å². The maximum absolute atomic E-state index is 13.0. The molecule has 0 spiro atoms. The van der Waals surface area contributed by atoms with Gasteiger partial charge in [0.1, 0.15) is 11.5 Å². The summed E-state index contributed by atoms with van der Waals surface area (Å²) in [5, 5.41) is 10.0. The van der Waals surface area contributed by atoms with Crippen molar-refractivity contribution in [3.8, 4) is 0 Å². The van der Waals surface area contributed by atoms with Gasteiger partial charge in [0.25, 0.3) is 0 Å². The lowest BCUT2D eigenvalue weighted by atomic mass is 10.1. The molecule has 2 aromatic rings. The van der Waals surface area contributed by atoms with Crippen LogP contribution >= 0.6 is 0 Å². The van der Waals surface area contributed by atoms with Gasteiger partial charge in [-0.3, -0.25) is 5.84 Å². The van der Waals surface area contributed by atoms with Gasteiger partial charge in [-0.1, -0.05) is 12.1 Å². The van der Waals surface area contributed by atoms with Gasteiger partial charge >= 0.3 is 0 Å². The fraction of sp³-hybridized carbons (Fsp3) is 0.111. The Bertz CT molecular complexity index is 428. The molecule has 78 valence electrons. The summed E-state index contributed by atoms with van der Waals surface area (Å²) in [4.78, 5) is 0. The number of rotatable bonds is 3. The van der Waals surface area contributed by atoms with Crippen molar-refractivity contribution < 1.29 is 4.39 Å². The number of benzene rings is 1. The van der Waals surface area contributed by atoms with Crippen LogP contribution in [0.4, 0.5) is 4.39 Å². The Morgan fingerprint density at radius 3 is 2.93 bits per heavy atom. The van der Waals surface area contributed by atoms with Gasteiger partial charge in [-0.05, 0) is 17.7 Å². The van der Waals surface area contributed by atoms with E-state index >= 15 is 0 Å². The van der Waals surface area contributed by atoms with Crippen molar-refractivity contribution in [2.45, 2.75) is 6.04 Å². The van der Waals surface area contributed by atoms with Crippen molar-refractivity contribution in [2.75, 3.05) is 0 Å². The molecule has 2 rings (SSSR count). The van der Waals surface area contributed by atoms with Gasteiger partial charge in [0, 0.05) is 0 Å². The quantitative estimate of drug-likeness (QED) is 0.505. The highest BCUT2D eigenvalue weighted by atomic mass is 19.1. The van der Waals surface area contributed by atoms with Crippen LogP contribution in [0, 0.1) is 5.82 Å². The molecule has 0 radical (unpaired) electrons. The molecule has 0 aliphatic carbocycles. The molecule has 1 unspecified atom stereocenters. The number of aromatic nitrogens is 3. The minimum Gasteiger partial charge on any atom is -0.271 e. The van der Waals surface area contributed by atoms with Crippen LogP contribution < -0.4 is 11.3 Å². The zero-order valence-electron chi connectivity index (χ0n) is 7.81. The molecular weight excluding hydrogens is 197 g/mol. The fourth-order valence-electron chi connectivity index (χ4n) is 1.39. The number of hydrazine groups is 1. The Kier molecular flexibility index (Phi) is 2.70. The topological polar surface area (TPSA) is 79.6 Å². The Balaban J connectivity index is 2.35. The van der Waals surface area contributed by atoms with Crippen LogP contribution in [0.1, 0.15) is 17.3 Å². The maximum Gasteiger partial charge on any atom is 0.123 e. The smallest absolute Gasteiger partial charge is 0.123 e. The lowest BCUT2D eigenvalue weighted by Gasteiger charge is -2.12. The molecule has 4 N–H and O–H groups in total. The zero-order valence-corrected chi connectivity index (χ0v) is 7.81. The van der Waals surface area contributed by atoms with E-state index in [1.807, 2.05) is 0 Å². The highest BCUT2D eigenvalue weighted by molar-refractivity contribution is 5.26. The number of H-pyrrole nitrogens is 1. The van der Waals surface area contributed by atoms with E-state index < -0.39 is 0 Å². The number of aromatic amines is 1. The zero-order chi connectivity index (χ0) is 10.7. The van der Waals surface area contributed by atoms with Gasteiger partial charge in [-0.2, -0.15) is 15.4 Å². The Labute approximate surface area is 85.5 Å². The SMILES string of the molecule is NNC(c1cccc(F)c1)c1cn[nH]n1. The Morgan fingerprint density at radius 2 is 2.33 bits per heavy atom. The number of halogens is 1. The van der Waals surface area contributed by atoms with Crippen molar-refractivity contribution in [1.82, 2.24) is 20.8 Å². The standard InChI is InChI=1S/C9H10FN5/c10-7-3-1-2-6(4-7)9(13-11)8-5-12-15-14-8/h1-5,9,13H,11H2,(H,12,14,15). The van der Waals surface area contributed by atoms with Crippen LogP contribution in [0.25, 0.3) is 0 Å². The first-order valence-electron chi connectivity index (χ1n) is 4.38. The third kappa shape index (κ3) is 2.00. The molecule has 0 aliphatic rings. The molecule has 1 atom stereocenters. The molecule has 0 fully saturated rings. The largest absolute Gasteiger partial charge is 0.271 e. The van der Waals surface area contributed by atoms with Gasteiger partial charge in [0.15, 0.2) is 0 Å². The molecule has 0 amide bonds. The van der Waals surface area contributed by atoms with Crippen molar-refractivity contribution in [1.29, 1.82) is 0 Å². The molecule has 15 heavy (non-hydrogen) atoms.